The summed E-state index contributed by atoms with van der Waals surface area (Å²) >= 11 is 0. The van der Waals surface area contributed by atoms with Crippen LogP contribution in [-0.4, -0.2) is 41.1 Å². The van der Waals surface area contributed by atoms with E-state index >= 15 is 0 Å². The summed E-state index contributed by atoms with van der Waals surface area (Å²) in [5.41, 5.74) is 1.68. The Balaban J connectivity index is 1.74. The molecule has 4 heteroatoms. The van der Waals surface area contributed by atoms with E-state index in [0.717, 1.165) is 18.5 Å². The summed E-state index contributed by atoms with van der Waals surface area (Å²) in [7, 11) is 0. The molecule has 2 N–H and O–H groups in total. The summed E-state index contributed by atoms with van der Waals surface area (Å²) in [6, 6.07) is 8.13. The quantitative estimate of drug-likeness (QED) is 0.853. The summed E-state index contributed by atoms with van der Waals surface area (Å²) in [5.74, 6) is 0.0123. The van der Waals surface area contributed by atoms with Crippen LogP contribution in [0.3, 0.4) is 0 Å². The molecule has 4 nitrogen and oxygen atoms in total. The summed E-state index contributed by atoms with van der Waals surface area (Å²) in [6.45, 7) is 6.14. The van der Waals surface area contributed by atoms with Gasteiger partial charge in [0.2, 0.25) is 5.91 Å². The second-order valence-corrected chi connectivity index (χ2v) is 5.72. The number of benzene rings is 1. The van der Waals surface area contributed by atoms with Gasteiger partial charge >= 0.3 is 0 Å². The third-order valence-corrected chi connectivity index (χ3v) is 3.51. The number of aliphatic hydroxyl groups is 1. The Morgan fingerprint density at radius 3 is 2.68 bits per heavy atom. The molecule has 1 unspecified atom stereocenters. The number of hydrogen-bond acceptors (Lipinski definition) is 3. The Morgan fingerprint density at radius 1 is 1.42 bits per heavy atom. The summed E-state index contributed by atoms with van der Waals surface area (Å²) in [6.07, 6.45) is 0.734. The molecule has 1 aromatic rings. The van der Waals surface area contributed by atoms with Crippen molar-refractivity contribution in [3.05, 3.63) is 35.4 Å². The molecule has 19 heavy (non-hydrogen) atoms. The molecule has 1 aliphatic heterocycles. The molecule has 0 radical (unpaired) electrons. The zero-order valence-corrected chi connectivity index (χ0v) is 11.6. The molecule has 1 aromatic carbocycles. The van der Waals surface area contributed by atoms with Gasteiger partial charge in [0, 0.05) is 19.6 Å². The molecule has 1 amide bonds. The van der Waals surface area contributed by atoms with Crippen LogP contribution in [0.2, 0.25) is 0 Å². The van der Waals surface area contributed by atoms with Gasteiger partial charge in [-0.1, -0.05) is 29.8 Å². The zero-order valence-electron chi connectivity index (χ0n) is 11.6. The molecular weight excluding hydrogens is 240 g/mol. The molecule has 1 heterocycles. The maximum atomic E-state index is 11.8. The van der Waals surface area contributed by atoms with Gasteiger partial charge in [-0.15, -0.1) is 0 Å². The first kappa shape index (κ1) is 14.0. The third kappa shape index (κ3) is 4.33. The topological polar surface area (TPSA) is 52.6 Å². The van der Waals surface area contributed by atoms with Crippen LogP contribution >= 0.6 is 0 Å². The van der Waals surface area contributed by atoms with Crippen molar-refractivity contribution >= 4 is 5.91 Å². The molecule has 0 bridgehead atoms. The van der Waals surface area contributed by atoms with Crippen LogP contribution in [0.25, 0.3) is 0 Å². The van der Waals surface area contributed by atoms with Gasteiger partial charge in [-0.3, -0.25) is 9.69 Å². The van der Waals surface area contributed by atoms with Gasteiger partial charge in [-0.25, -0.2) is 0 Å². The fourth-order valence-corrected chi connectivity index (χ4v) is 2.34. The summed E-state index contributed by atoms with van der Waals surface area (Å²) < 4.78 is 0. The first-order valence-electron chi connectivity index (χ1n) is 6.72. The summed E-state index contributed by atoms with van der Waals surface area (Å²) in [5, 5.41) is 12.7. The standard InChI is InChI=1S/C15H22N2O2/c1-12-3-5-13(6-4-12)9-16-14(18)10-17-8-7-15(2,19)11-17/h3-6,19H,7-11H2,1-2H3,(H,16,18). The number of carbonyl (C=O) groups is 1. The Hall–Kier alpha value is -1.39. The maximum absolute atomic E-state index is 11.8. The van der Waals surface area contributed by atoms with E-state index in [9.17, 15) is 9.90 Å². The number of likely N-dealkylation sites (tertiary alicyclic amines) is 1. The first-order valence-corrected chi connectivity index (χ1v) is 6.72. The minimum Gasteiger partial charge on any atom is -0.389 e. The number of carbonyl (C=O) groups excluding carboxylic acids is 1. The van der Waals surface area contributed by atoms with Crippen molar-refractivity contribution in [2.24, 2.45) is 0 Å². The lowest BCUT2D eigenvalue weighted by Gasteiger charge is -2.18. The van der Waals surface area contributed by atoms with Crippen molar-refractivity contribution in [1.29, 1.82) is 0 Å². The monoisotopic (exact) mass is 262 g/mol. The summed E-state index contributed by atoms with van der Waals surface area (Å²) in [4.78, 5) is 13.8. The number of nitrogens with one attached hydrogen (secondary N) is 1. The number of nitrogens with zero attached hydrogens (tertiary/aromatic N) is 1. The molecule has 0 aromatic heterocycles. The second-order valence-electron chi connectivity index (χ2n) is 5.72. The van der Waals surface area contributed by atoms with Gasteiger partial charge in [-0.2, -0.15) is 0 Å². The second kappa shape index (κ2) is 5.72. The lowest BCUT2D eigenvalue weighted by atomic mass is 10.1. The van der Waals surface area contributed by atoms with Gasteiger partial charge in [-0.05, 0) is 25.8 Å². The Morgan fingerprint density at radius 2 is 2.11 bits per heavy atom. The van der Waals surface area contributed by atoms with Gasteiger partial charge in [0.25, 0.3) is 0 Å². The van der Waals surface area contributed by atoms with Crippen LogP contribution in [0.4, 0.5) is 0 Å². The lowest BCUT2D eigenvalue weighted by molar-refractivity contribution is -0.122. The van der Waals surface area contributed by atoms with Gasteiger partial charge in [0.15, 0.2) is 0 Å². The van der Waals surface area contributed by atoms with Crippen LogP contribution in [0, 0.1) is 6.92 Å². The highest BCUT2D eigenvalue weighted by Gasteiger charge is 2.31. The van der Waals surface area contributed by atoms with Gasteiger partial charge in [0.05, 0.1) is 12.1 Å². The minimum atomic E-state index is -0.642. The minimum absolute atomic E-state index is 0.0123. The highest BCUT2D eigenvalue weighted by Crippen LogP contribution is 2.19. The highest BCUT2D eigenvalue weighted by atomic mass is 16.3. The van der Waals surface area contributed by atoms with Gasteiger partial charge in [0.1, 0.15) is 0 Å². The predicted octanol–water partition coefficient (Wildman–Crippen LogP) is 1.07. The maximum Gasteiger partial charge on any atom is 0.234 e. The van der Waals surface area contributed by atoms with E-state index < -0.39 is 5.60 Å². The Bertz CT molecular complexity index is 440. The van der Waals surface area contributed by atoms with Crippen molar-refractivity contribution in [2.45, 2.75) is 32.4 Å². The molecule has 1 aliphatic rings. The van der Waals surface area contributed by atoms with Gasteiger partial charge < -0.3 is 10.4 Å². The SMILES string of the molecule is Cc1ccc(CNC(=O)CN2CCC(C)(O)C2)cc1. The van der Waals surface area contributed by atoms with E-state index in [0.29, 0.717) is 19.6 Å². The largest absolute Gasteiger partial charge is 0.389 e. The molecule has 0 spiro atoms. The average molecular weight is 262 g/mol. The van der Waals surface area contributed by atoms with Crippen LogP contribution in [0.15, 0.2) is 24.3 Å². The normalized spacial score (nSPS) is 23.5. The highest BCUT2D eigenvalue weighted by molar-refractivity contribution is 5.78. The number of aryl methyl sites for hydroxylation is 1. The molecule has 0 aliphatic carbocycles. The Kier molecular flexibility index (Phi) is 4.22. The van der Waals surface area contributed by atoms with E-state index in [1.165, 1.54) is 5.56 Å². The van der Waals surface area contributed by atoms with Crippen molar-refractivity contribution in [1.82, 2.24) is 10.2 Å². The van der Waals surface area contributed by atoms with Crippen molar-refractivity contribution in [3.8, 4) is 0 Å². The van der Waals surface area contributed by atoms with E-state index in [4.69, 9.17) is 0 Å². The molecule has 2 rings (SSSR count). The average Bonchev–Trinajstić information content (AvgIpc) is 2.68. The van der Waals surface area contributed by atoms with Crippen LogP contribution < -0.4 is 5.32 Å². The van der Waals surface area contributed by atoms with E-state index in [1.54, 1.807) is 0 Å². The van der Waals surface area contributed by atoms with Crippen molar-refractivity contribution in [3.63, 3.8) is 0 Å². The van der Waals surface area contributed by atoms with Crippen molar-refractivity contribution < 1.29 is 9.90 Å². The number of β-amino-alcohol motifs (C(OH)–C–C–N with tert-alkyl or cyclic N) is 1. The lowest BCUT2D eigenvalue weighted by Crippen LogP contribution is -2.37. The van der Waals surface area contributed by atoms with E-state index in [-0.39, 0.29) is 5.91 Å². The zero-order chi connectivity index (χ0) is 13.9. The number of rotatable bonds is 4. The van der Waals surface area contributed by atoms with Crippen LogP contribution in [0.1, 0.15) is 24.5 Å². The molecule has 104 valence electrons. The van der Waals surface area contributed by atoms with Crippen LogP contribution in [0.5, 0.6) is 0 Å². The van der Waals surface area contributed by atoms with E-state index in [2.05, 4.69) is 5.32 Å². The number of hydrogen-bond donors (Lipinski definition) is 2. The molecule has 1 fully saturated rings. The van der Waals surface area contributed by atoms with E-state index in [1.807, 2.05) is 43.0 Å². The first-order chi connectivity index (χ1) is 8.94. The molecule has 1 saturated heterocycles. The molecular formula is C15H22N2O2. The fourth-order valence-electron chi connectivity index (χ4n) is 2.34. The molecule has 1 atom stereocenters. The fraction of sp³-hybridized carbons (Fsp3) is 0.533. The van der Waals surface area contributed by atoms with Crippen molar-refractivity contribution in [2.75, 3.05) is 19.6 Å². The number of amides is 1. The molecule has 0 saturated carbocycles. The third-order valence-electron chi connectivity index (χ3n) is 3.51. The smallest absolute Gasteiger partial charge is 0.234 e. The predicted molar refractivity (Wildman–Crippen MR) is 74.7 cm³/mol. The Labute approximate surface area is 114 Å². The van der Waals surface area contributed by atoms with Crippen LogP contribution in [-0.2, 0) is 11.3 Å².